The standard InChI is InChI=1S/C12H14F3NO/c13-12(14,15)10-4-9(5-11(17)6-10)8-2-1-3-16-7-8/h4-6,8,16-17H,1-3,7H2. The summed E-state index contributed by atoms with van der Waals surface area (Å²) in [5.74, 6) is -0.266. The molecule has 94 valence electrons. The first-order chi connectivity index (χ1) is 7.97. The number of piperidine rings is 1. The SMILES string of the molecule is Oc1cc(C2CCCNC2)cc(C(F)(F)F)c1. The van der Waals surface area contributed by atoms with Gasteiger partial charge in [0.2, 0.25) is 0 Å². The summed E-state index contributed by atoms with van der Waals surface area (Å²) in [5.41, 5.74) is -0.220. The molecule has 0 spiro atoms. The Kier molecular flexibility index (Phi) is 3.28. The number of rotatable bonds is 1. The van der Waals surface area contributed by atoms with Crippen molar-refractivity contribution in [2.75, 3.05) is 13.1 Å². The van der Waals surface area contributed by atoms with Crippen LogP contribution in [0.3, 0.4) is 0 Å². The molecule has 2 rings (SSSR count). The molecule has 1 aliphatic rings. The van der Waals surface area contributed by atoms with Crippen molar-refractivity contribution in [2.24, 2.45) is 0 Å². The minimum Gasteiger partial charge on any atom is -0.508 e. The molecule has 5 heteroatoms. The van der Waals surface area contributed by atoms with E-state index in [2.05, 4.69) is 5.32 Å². The van der Waals surface area contributed by atoms with Gasteiger partial charge in [-0.3, -0.25) is 0 Å². The van der Waals surface area contributed by atoms with Gasteiger partial charge in [-0.1, -0.05) is 0 Å². The summed E-state index contributed by atoms with van der Waals surface area (Å²) in [7, 11) is 0. The van der Waals surface area contributed by atoms with Crippen molar-refractivity contribution in [3.05, 3.63) is 29.3 Å². The predicted octanol–water partition coefficient (Wildman–Crippen LogP) is 2.88. The van der Waals surface area contributed by atoms with Gasteiger partial charge in [0.1, 0.15) is 5.75 Å². The fourth-order valence-corrected chi connectivity index (χ4v) is 2.17. The normalized spacial score (nSPS) is 21.5. The summed E-state index contributed by atoms with van der Waals surface area (Å²) in [6.45, 7) is 1.57. The van der Waals surface area contributed by atoms with Crippen LogP contribution in [0.25, 0.3) is 0 Å². The Bertz CT molecular complexity index is 397. The first-order valence-electron chi connectivity index (χ1n) is 5.58. The van der Waals surface area contributed by atoms with Gasteiger partial charge >= 0.3 is 6.18 Å². The van der Waals surface area contributed by atoms with Crippen LogP contribution in [0.15, 0.2) is 18.2 Å². The van der Waals surface area contributed by atoms with Crippen molar-refractivity contribution >= 4 is 0 Å². The Morgan fingerprint density at radius 1 is 1.24 bits per heavy atom. The molecule has 1 atom stereocenters. The summed E-state index contributed by atoms with van der Waals surface area (Å²) >= 11 is 0. The minimum atomic E-state index is -4.41. The topological polar surface area (TPSA) is 32.3 Å². The Labute approximate surface area is 97.5 Å². The average molecular weight is 245 g/mol. The van der Waals surface area contributed by atoms with Crippen LogP contribution in [0.5, 0.6) is 5.75 Å². The van der Waals surface area contributed by atoms with E-state index in [0.717, 1.165) is 31.5 Å². The molecule has 0 bridgehead atoms. The highest BCUT2D eigenvalue weighted by Gasteiger charge is 2.32. The average Bonchev–Trinajstić information content (AvgIpc) is 2.28. The Morgan fingerprint density at radius 3 is 2.59 bits per heavy atom. The van der Waals surface area contributed by atoms with Crippen molar-refractivity contribution in [2.45, 2.75) is 24.9 Å². The molecule has 0 amide bonds. The lowest BCUT2D eigenvalue weighted by atomic mass is 9.90. The van der Waals surface area contributed by atoms with Gasteiger partial charge in [0, 0.05) is 6.54 Å². The van der Waals surface area contributed by atoms with E-state index in [-0.39, 0.29) is 11.7 Å². The third-order valence-electron chi connectivity index (χ3n) is 3.04. The lowest BCUT2D eigenvalue weighted by Gasteiger charge is -2.24. The molecular weight excluding hydrogens is 231 g/mol. The minimum absolute atomic E-state index is 0.0527. The molecule has 0 radical (unpaired) electrons. The van der Waals surface area contributed by atoms with Gasteiger partial charge in [-0.25, -0.2) is 0 Å². The zero-order chi connectivity index (χ0) is 12.5. The van der Waals surface area contributed by atoms with Crippen LogP contribution >= 0.6 is 0 Å². The largest absolute Gasteiger partial charge is 0.508 e. The summed E-state index contributed by atoms with van der Waals surface area (Å²) in [6, 6.07) is 3.32. The van der Waals surface area contributed by atoms with Crippen LogP contribution in [0.4, 0.5) is 13.2 Å². The second-order valence-corrected chi connectivity index (χ2v) is 4.35. The number of phenolic OH excluding ortho intramolecular Hbond substituents is 1. The highest BCUT2D eigenvalue weighted by atomic mass is 19.4. The van der Waals surface area contributed by atoms with Gasteiger partial charge in [0.15, 0.2) is 0 Å². The molecule has 2 nitrogen and oxygen atoms in total. The van der Waals surface area contributed by atoms with Crippen molar-refractivity contribution in [3.63, 3.8) is 0 Å². The van der Waals surface area contributed by atoms with Crippen molar-refractivity contribution in [1.82, 2.24) is 5.32 Å². The van der Waals surface area contributed by atoms with Gasteiger partial charge in [0.25, 0.3) is 0 Å². The second-order valence-electron chi connectivity index (χ2n) is 4.35. The van der Waals surface area contributed by atoms with E-state index in [1.807, 2.05) is 0 Å². The van der Waals surface area contributed by atoms with E-state index < -0.39 is 11.7 Å². The molecule has 1 saturated heterocycles. The number of phenols is 1. The van der Waals surface area contributed by atoms with E-state index in [9.17, 15) is 18.3 Å². The maximum atomic E-state index is 12.6. The quantitative estimate of drug-likeness (QED) is 0.797. The Hall–Kier alpha value is -1.23. The molecule has 1 fully saturated rings. The smallest absolute Gasteiger partial charge is 0.416 e. The number of nitrogens with one attached hydrogen (secondary N) is 1. The lowest BCUT2D eigenvalue weighted by molar-refractivity contribution is -0.137. The maximum Gasteiger partial charge on any atom is 0.416 e. The van der Waals surface area contributed by atoms with Crippen LogP contribution < -0.4 is 5.32 Å². The highest BCUT2D eigenvalue weighted by molar-refractivity contribution is 5.37. The Balaban J connectivity index is 2.31. The van der Waals surface area contributed by atoms with Gasteiger partial charge < -0.3 is 10.4 Å². The molecule has 1 aromatic rings. The van der Waals surface area contributed by atoms with Crippen molar-refractivity contribution < 1.29 is 18.3 Å². The van der Waals surface area contributed by atoms with E-state index in [1.165, 1.54) is 6.07 Å². The maximum absolute atomic E-state index is 12.6. The predicted molar refractivity (Wildman–Crippen MR) is 58.0 cm³/mol. The molecule has 2 N–H and O–H groups in total. The zero-order valence-electron chi connectivity index (χ0n) is 9.22. The van der Waals surface area contributed by atoms with Crippen LogP contribution in [-0.4, -0.2) is 18.2 Å². The summed E-state index contributed by atoms with van der Waals surface area (Å²) < 4.78 is 37.8. The third kappa shape index (κ3) is 2.91. The summed E-state index contributed by atoms with van der Waals surface area (Å²) in [4.78, 5) is 0. The molecule has 17 heavy (non-hydrogen) atoms. The monoisotopic (exact) mass is 245 g/mol. The van der Waals surface area contributed by atoms with Gasteiger partial charge in [-0.05, 0) is 49.1 Å². The third-order valence-corrected chi connectivity index (χ3v) is 3.04. The molecule has 1 heterocycles. The van der Waals surface area contributed by atoms with E-state index in [1.54, 1.807) is 0 Å². The van der Waals surface area contributed by atoms with E-state index >= 15 is 0 Å². The van der Waals surface area contributed by atoms with Gasteiger partial charge in [-0.15, -0.1) is 0 Å². The number of halogens is 3. The van der Waals surface area contributed by atoms with E-state index in [4.69, 9.17) is 0 Å². The number of benzene rings is 1. The number of alkyl halides is 3. The first-order valence-corrected chi connectivity index (χ1v) is 5.58. The number of aromatic hydroxyl groups is 1. The first kappa shape index (κ1) is 12.2. The van der Waals surface area contributed by atoms with Gasteiger partial charge in [-0.2, -0.15) is 13.2 Å². The van der Waals surface area contributed by atoms with Gasteiger partial charge in [0.05, 0.1) is 5.56 Å². The van der Waals surface area contributed by atoms with Crippen LogP contribution in [-0.2, 0) is 6.18 Å². The zero-order valence-corrected chi connectivity index (χ0v) is 9.22. The molecule has 1 aliphatic heterocycles. The number of hydrogen-bond donors (Lipinski definition) is 2. The molecule has 0 aliphatic carbocycles. The Morgan fingerprint density at radius 2 is 2.00 bits per heavy atom. The van der Waals surface area contributed by atoms with Crippen molar-refractivity contribution in [1.29, 1.82) is 0 Å². The molecule has 0 aromatic heterocycles. The number of hydrogen-bond acceptors (Lipinski definition) is 2. The van der Waals surface area contributed by atoms with Crippen molar-refractivity contribution in [3.8, 4) is 5.75 Å². The molecule has 1 aromatic carbocycles. The van der Waals surface area contributed by atoms with E-state index in [0.29, 0.717) is 12.1 Å². The van der Waals surface area contributed by atoms with Crippen LogP contribution in [0.2, 0.25) is 0 Å². The fraction of sp³-hybridized carbons (Fsp3) is 0.500. The van der Waals surface area contributed by atoms with Crippen LogP contribution in [0.1, 0.15) is 29.9 Å². The second kappa shape index (κ2) is 4.56. The fourth-order valence-electron chi connectivity index (χ4n) is 2.17. The molecular formula is C12H14F3NO. The van der Waals surface area contributed by atoms with Crippen LogP contribution in [0, 0.1) is 0 Å². The summed E-state index contributed by atoms with van der Waals surface area (Å²) in [5, 5.41) is 12.5. The summed E-state index contributed by atoms with van der Waals surface area (Å²) in [6.07, 6.45) is -2.61. The molecule has 1 unspecified atom stereocenters. The molecule has 0 saturated carbocycles. The lowest BCUT2D eigenvalue weighted by Crippen LogP contribution is -2.28. The highest BCUT2D eigenvalue weighted by Crippen LogP contribution is 2.35.